The van der Waals surface area contributed by atoms with Gasteiger partial charge in [0.05, 0.1) is 10.5 Å². The molecule has 9 heteroatoms. The summed E-state index contributed by atoms with van der Waals surface area (Å²) in [5.74, 6) is -0.127. The highest BCUT2D eigenvalue weighted by Crippen LogP contribution is 2.33. The van der Waals surface area contributed by atoms with Gasteiger partial charge >= 0.3 is 6.18 Å². The number of nitrogens with zero attached hydrogens (tertiary/aromatic N) is 2. The zero-order valence-electron chi connectivity index (χ0n) is 16.5. The molecule has 0 spiro atoms. The second kappa shape index (κ2) is 8.63. The van der Waals surface area contributed by atoms with Crippen LogP contribution in [0.4, 0.5) is 13.2 Å². The molecule has 3 rings (SSSR count). The number of halogens is 3. The quantitative estimate of drug-likeness (QED) is 0.657. The highest BCUT2D eigenvalue weighted by atomic mass is 32.2. The molecule has 5 nitrogen and oxygen atoms in total. The van der Waals surface area contributed by atoms with E-state index in [1.165, 1.54) is 10.4 Å². The van der Waals surface area contributed by atoms with Gasteiger partial charge in [-0.1, -0.05) is 19.4 Å². The summed E-state index contributed by atoms with van der Waals surface area (Å²) < 4.78 is 65.6. The minimum absolute atomic E-state index is 0.0945. The molecule has 2 fully saturated rings. The van der Waals surface area contributed by atoms with Gasteiger partial charge in [0.2, 0.25) is 15.9 Å². The number of carbonyl (C=O) groups is 1. The smallest absolute Gasteiger partial charge is 0.339 e. The first-order chi connectivity index (χ1) is 13.6. The summed E-state index contributed by atoms with van der Waals surface area (Å²) in [5, 5.41) is 0. The molecular weight excluding hydrogens is 405 g/mol. The van der Waals surface area contributed by atoms with E-state index in [0.717, 1.165) is 44.4 Å². The Labute approximate surface area is 169 Å². The van der Waals surface area contributed by atoms with Crippen LogP contribution in [0.2, 0.25) is 0 Å². The molecule has 1 aromatic carbocycles. The molecule has 29 heavy (non-hydrogen) atoms. The average Bonchev–Trinajstić information content (AvgIpc) is 3.53. The first kappa shape index (κ1) is 22.1. The van der Waals surface area contributed by atoms with Crippen molar-refractivity contribution >= 4 is 15.9 Å². The Bertz CT molecular complexity index is 830. The van der Waals surface area contributed by atoms with Crippen LogP contribution in [0.1, 0.15) is 51.0 Å². The lowest BCUT2D eigenvalue weighted by Gasteiger charge is -2.34. The summed E-state index contributed by atoms with van der Waals surface area (Å²) in [4.78, 5) is 14.5. The molecule has 1 saturated heterocycles. The summed E-state index contributed by atoms with van der Waals surface area (Å²) in [6.45, 7) is 3.10. The molecule has 162 valence electrons. The van der Waals surface area contributed by atoms with E-state index in [-0.39, 0.29) is 29.8 Å². The monoisotopic (exact) mass is 432 g/mol. The Morgan fingerprint density at radius 3 is 2.38 bits per heavy atom. The maximum atomic E-state index is 12.9. The minimum Gasteiger partial charge on any atom is -0.339 e. The number of alkyl halides is 3. The Morgan fingerprint density at radius 2 is 1.83 bits per heavy atom. The van der Waals surface area contributed by atoms with Gasteiger partial charge in [0.25, 0.3) is 0 Å². The number of amides is 1. The SMILES string of the molecule is CCCCN(C(=O)C1CCN(S(=O)(=O)c2cccc(C(F)(F)F)c2)CC1)C1CC1. The lowest BCUT2D eigenvalue weighted by molar-refractivity contribution is -0.138. The first-order valence-corrected chi connectivity index (χ1v) is 11.6. The molecule has 2 aliphatic rings. The summed E-state index contributed by atoms with van der Waals surface area (Å²) in [6.07, 6.45) is 0.195. The van der Waals surface area contributed by atoms with Crippen LogP contribution < -0.4 is 0 Å². The summed E-state index contributed by atoms with van der Waals surface area (Å²) in [6, 6.07) is 4.13. The first-order valence-electron chi connectivity index (χ1n) is 10.1. The average molecular weight is 433 g/mol. The van der Waals surface area contributed by atoms with Crippen LogP contribution in [0, 0.1) is 5.92 Å². The molecule has 1 saturated carbocycles. The van der Waals surface area contributed by atoms with E-state index >= 15 is 0 Å². The van der Waals surface area contributed by atoms with Gasteiger partial charge in [0, 0.05) is 31.6 Å². The molecule has 0 bridgehead atoms. The zero-order valence-corrected chi connectivity index (χ0v) is 17.3. The molecule has 0 atom stereocenters. The zero-order chi connectivity index (χ0) is 21.2. The van der Waals surface area contributed by atoms with Gasteiger partial charge in [-0.25, -0.2) is 8.42 Å². The topological polar surface area (TPSA) is 57.7 Å². The lowest BCUT2D eigenvalue weighted by Crippen LogP contribution is -2.45. The van der Waals surface area contributed by atoms with Crippen molar-refractivity contribution in [3.8, 4) is 0 Å². The molecular formula is C20H27F3N2O3S. The van der Waals surface area contributed by atoms with Crippen LogP contribution in [0.15, 0.2) is 29.2 Å². The van der Waals surface area contributed by atoms with Gasteiger partial charge in [0.1, 0.15) is 0 Å². The summed E-state index contributed by atoms with van der Waals surface area (Å²) >= 11 is 0. The molecule has 1 aromatic rings. The van der Waals surface area contributed by atoms with Crippen LogP contribution in [0.3, 0.4) is 0 Å². The molecule has 0 radical (unpaired) electrons. The molecule has 0 unspecified atom stereocenters. The van der Waals surface area contributed by atoms with Gasteiger partial charge < -0.3 is 4.90 Å². The number of hydrogen-bond acceptors (Lipinski definition) is 3. The number of rotatable bonds is 7. The predicted octanol–water partition coefficient (Wildman–Crippen LogP) is 3.90. The molecule has 1 aliphatic heterocycles. The van der Waals surface area contributed by atoms with Crippen molar-refractivity contribution < 1.29 is 26.4 Å². The fourth-order valence-corrected chi connectivity index (χ4v) is 5.26. The van der Waals surface area contributed by atoms with Crippen molar-refractivity contribution in [3.63, 3.8) is 0 Å². The normalized spacial score (nSPS) is 19.3. The number of piperidine rings is 1. The van der Waals surface area contributed by atoms with E-state index < -0.39 is 21.8 Å². The van der Waals surface area contributed by atoms with Gasteiger partial charge in [-0.05, 0) is 50.3 Å². The van der Waals surface area contributed by atoms with Crippen LogP contribution in [0.25, 0.3) is 0 Å². The number of carbonyl (C=O) groups excluding carboxylic acids is 1. The second-order valence-corrected chi connectivity index (χ2v) is 9.76. The Kier molecular flexibility index (Phi) is 6.57. The fourth-order valence-electron chi connectivity index (χ4n) is 3.75. The molecule has 0 N–H and O–H groups in total. The van der Waals surface area contributed by atoms with Crippen molar-refractivity contribution in [1.82, 2.24) is 9.21 Å². The van der Waals surface area contributed by atoms with E-state index in [0.29, 0.717) is 24.9 Å². The third kappa shape index (κ3) is 5.12. The van der Waals surface area contributed by atoms with Crippen LogP contribution >= 0.6 is 0 Å². The van der Waals surface area contributed by atoms with Crippen molar-refractivity contribution in [3.05, 3.63) is 29.8 Å². The number of unbranched alkanes of at least 4 members (excludes halogenated alkanes) is 1. The van der Waals surface area contributed by atoms with E-state index in [1.54, 1.807) is 0 Å². The van der Waals surface area contributed by atoms with Gasteiger partial charge in [-0.15, -0.1) is 0 Å². The standard InChI is InChI=1S/C20H27F3N2O3S/c1-2-3-11-25(17-7-8-17)19(26)15-9-12-24(13-10-15)29(27,28)18-6-4-5-16(14-18)20(21,22)23/h4-6,14-15,17H,2-3,7-13H2,1H3. The van der Waals surface area contributed by atoms with E-state index in [4.69, 9.17) is 0 Å². The van der Waals surface area contributed by atoms with Gasteiger partial charge in [0.15, 0.2) is 0 Å². The minimum atomic E-state index is -4.60. The van der Waals surface area contributed by atoms with Crippen molar-refractivity contribution in [2.75, 3.05) is 19.6 Å². The number of benzene rings is 1. The maximum Gasteiger partial charge on any atom is 0.416 e. The molecule has 0 aromatic heterocycles. The summed E-state index contributed by atoms with van der Waals surface area (Å²) in [7, 11) is -4.02. The Hall–Kier alpha value is -1.61. The van der Waals surface area contributed by atoms with E-state index in [1.807, 2.05) is 4.90 Å². The van der Waals surface area contributed by atoms with E-state index in [9.17, 15) is 26.4 Å². The third-order valence-corrected chi connectivity index (χ3v) is 7.52. The van der Waals surface area contributed by atoms with Crippen molar-refractivity contribution in [2.45, 2.75) is 62.6 Å². The third-order valence-electron chi connectivity index (χ3n) is 5.63. The largest absolute Gasteiger partial charge is 0.416 e. The predicted molar refractivity (Wildman–Crippen MR) is 103 cm³/mol. The second-order valence-electron chi connectivity index (χ2n) is 7.82. The van der Waals surface area contributed by atoms with E-state index in [2.05, 4.69) is 6.92 Å². The van der Waals surface area contributed by atoms with Gasteiger partial charge in [-0.2, -0.15) is 17.5 Å². The number of sulfonamides is 1. The van der Waals surface area contributed by atoms with Crippen molar-refractivity contribution in [2.24, 2.45) is 5.92 Å². The molecule has 1 amide bonds. The maximum absolute atomic E-state index is 12.9. The molecule has 1 heterocycles. The highest BCUT2D eigenvalue weighted by Gasteiger charge is 2.39. The van der Waals surface area contributed by atoms with Crippen LogP contribution in [-0.2, 0) is 21.0 Å². The molecule has 1 aliphatic carbocycles. The summed E-state index contributed by atoms with van der Waals surface area (Å²) in [5.41, 5.74) is -0.986. The van der Waals surface area contributed by atoms with Crippen LogP contribution in [0.5, 0.6) is 0 Å². The Balaban J connectivity index is 1.66. The lowest BCUT2D eigenvalue weighted by atomic mass is 9.96. The van der Waals surface area contributed by atoms with Crippen LogP contribution in [-0.4, -0.2) is 49.2 Å². The Morgan fingerprint density at radius 1 is 1.17 bits per heavy atom. The highest BCUT2D eigenvalue weighted by molar-refractivity contribution is 7.89. The van der Waals surface area contributed by atoms with Gasteiger partial charge in [-0.3, -0.25) is 4.79 Å². The fraction of sp³-hybridized carbons (Fsp3) is 0.650. The number of hydrogen-bond donors (Lipinski definition) is 0. The van der Waals surface area contributed by atoms with Crippen molar-refractivity contribution in [1.29, 1.82) is 0 Å².